The van der Waals surface area contributed by atoms with Gasteiger partial charge in [-0.1, -0.05) is 24.3 Å². The molecule has 0 saturated heterocycles. The molecule has 0 saturated carbocycles. The normalized spacial score (nSPS) is 12.2. The predicted molar refractivity (Wildman–Crippen MR) is 228 cm³/mol. The lowest BCUT2D eigenvalue weighted by molar-refractivity contribution is -0.148. The van der Waals surface area contributed by atoms with Gasteiger partial charge in [0.1, 0.15) is 29.1 Å². The maximum Gasteiger partial charge on any atom is 0.356 e. The number of esters is 1. The standard InChI is InChI=1S/C20H22F2N6O4S.C12H15N5O4S.C7H7F2NO/c1-5-14-15(26-33(4,30)31)6-7-16(24-14)19-17(28(3)27-25-19)9-18(29)32-11(2)13-8-12(21)10-23-20(13)22;1-4-7-8(15-22(3,20)21)5-6-9(13-7)10-11(12(18)19)17(2)16-14-10;1-4(11)6-2-5(8)3-10-7(6)9/h6-8,10-11,26H,5,9H2,1-4H3;5-6,15H,4H2,1-3H3,(H,18,19);2-4,11H,1H3/t11-;;4-/m1.1/s1. The first-order chi connectivity index (χ1) is 30.8. The summed E-state index contributed by atoms with van der Waals surface area (Å²) in [6.07, 6.45) is 2.12. The fourth-order valence-electron chi connectivity index (χ4n) is 5.83. The highest BCUT2D eigenvalue weighted by atomic mass is 32.2. The van der Waals surface area contributed by atoms with Crippen LogP contribution in [0, 0.1) is 23.5 Å². The Morgan fingerprint density at radius 2 is 1.20 bits per heavy atom. The maximum absolute atomic E-state index is 13.9. The van der Waals surface area contributed by atoms with E-state index in [0.29, 0.717) is 58.4 Å². The van der Waals surface area contributed by atoms with Crippen LogP contribution >= 0.6 is 0 Å². The Hall–Kier alpha value is -7.00. The van der Waals surface area contributed by atoms with Gasteiger partial charge in [0.05, 0.1) is 82.8 Å². The van der Waals surface area contributed by atoms with Crippen LogP contribution in [0.3, 0.4) is 0 Å². The number of sulfonamides is 2. The van der Waals surface area contributed by atoms with Crippen LogP contribution in [0.5, 0.6) is 0 Å². The molecule has 6 aromatic heterocycles. The second-order valence-corrected chi connectivity index (χ2v) is 17.6. The first-order valence-electron chi connectivity index (χ1n) is 19.3. The third-order valence-electron chi connectivity index (χ3n) is 8.84. The minimum atomic E-state index is -3.49. The summed E-state index contributed by atoms with van der Waals surface area (Å²) < 4.78 is 111. The predicted octanol–water partition coefficient (Wildman–Crippen LogP) is 4.25. The molecule has 0 spiro atoms. The van der Waals surface area contributed by atoms with Crippen molar-refractivity contribution in [2.24, 2.45) is 14.1 Å². The first kappa shape index (κ1) is 51.6. The molecule has 0 amide bonds. The number of pyridine rings is 4. The van der Waals surface area contributed by atoms with E-state index in [4.69, 9.17) is 9.84 Å². The van der Waals surface area contributed by atoms with Gasteiger partial charge >= 0.3 is 11.9 Å². The van der Waals surface area contributed by atoms with E-state index in [1.54, 1.807) is 19.2 Å². The minimum Gasteiger partial charge on any atom is -0.476 e. The Balaban J connectivity index is 0.000000246. The van der Waals surface area contributed by atoms with Crippen molar-refractivity contribution < 1.29 is 58.9 Å². The number of carbonyl (C=O) groups is 2. The molecule has 0 aromatic carbocycles. The van der Waals surface area contributed by atoms with Crippen molar-refractivity contribution in [1.82, 2.24) is 49.9 Å². The largest absolute Gasteiger partial charge is 0.476 e. The summed E-state index contributed by atoms with van der Waals surface area (Å²) in [7, 11) is -3.85. The average molecular weight is 965 g/mol. The van der Waals surface area contributed by atoms with Crippen molar-refractivity contribution in [3.8, 4) is 22.8 Å². The van der Waals surface area contributed by atoms with E-state index in [1.807, 2.05) is 13.8 Å². The van der Waals surface area contributed by atoms with E-state index in [9.17, 15) is 49.1 Å². The molecule has 0 aliphatic rings. The smallest absolute Gasteiger partial charge is 0.356 e. The van der Waals surface area contributed by atoms with Crippen molar-refractivity contribution >= 4 is 43.4 Å². The van der Waals surface area contributed by atoms with E-state index in [0.717, 1.165) is 41.7 Å². The van der Waals surface area contributed by atoms with E-state index in [2.05, 4.69) is 50.0 Å². The molecular weight excluding hydrogens is 921 g/mol. The van der Waals surface area contributed by atoms with E-state index < -0.39 is 67.7 Å². The molecule has 0 aliphatic carbocycles. The molecule has 6 aromatic rings. The summed E-state index contributed by atoms with van der Waals surface area (Å²) in [4.78, 5) is 38.9. The number of halogens is 4. The van der Waals surface area contributed by atoms with E-state index in [1.165, 1.54) is 37.7 Å². The van der Waals surface area contributed by atoms with Crippen LogP contribution in [0.4, 0.5) is 28.9 Å². The number of rotatable bonds is 14. The Bertz CT molecular complexity index is 2950. The zero-order chi connectivity index (χ0) is 49.3. The van der Waals surface area contributed by atoms with Gasteiger partial charge in [0.15, 0.2) is 5.69 Å². The van der Waals surface area contributed by atoms with Gasteiger partial charge in [-0.3, -0.25) is 18.9 Å². The third kappa shape index (κ3) is 14.0. The number of hydrogen-bond acceptors (Lipinski definition) is 16. The van der Waals surface area contributed by atoms with Gasteiger partial charge in [-0.05, 0) is 63.1 Å². The summed E-state index contributed by atoms with van der Waals surface area (Å²) in [5, 5.41) is 33.6. The number of aliphatic hydroxyl groups excluding tert-OH is 1. The van der Waals surface area contributed by atoms with Crippen LogP contribution in [0.15, 0.2) is 48.8 Å². The summed E-state index contributed by atoms with van der Waals surface area (Å²) in [5.74, 6) is -5.05. The topological polar surface area (TPSA) is 289 Å². The summed E-state index contributed by atoms with van der Waals surface area (Å²) in [6.45, 7) is 6.38. The number of carboxylic acids is 1. The number of hydrogen-bond donors (Lipinski definition) is 4. The van der Waals surface area contributed by atoms with E-state index in [-0.39, 0.29) is 28.9 Å². The molecule has 4 N–H and O–H groups in total. The highest BCUT2D eigenvalue weighted by molar-refractivity contribution is 7.92. The number of nitrogens with zero attached hydrogens (tertiary/aromatic N) is 10. The van der Waals surface area contributed by atoms with Crippen LogP contribution in [-0.2, 0) is 62.9 Å². The molecule has 27 heteroatoms. The fourth-order valence-corrected chi connectivity index (χ4v) is 7.00. The van der Waals surface area contributed by atoms with Crippen LogP contribution in [0.1, 0.15) is 78.6 Å². The molecule has 66 heavy (non-hydrogen) atoms. The molecule has 0 aliphatic heterocycles. The molecule has 2 atom stereocenters. The molecule has 21 nitrogen and oxygen atoms in total. The number of carbonyl (C=O) groups excluding carboxylic acids is 1. The summed E-state index contributed by atoms with van der Waals surface area (Å²) >= 11 is 0. The van der Waals surface area contributed by atoms with Crippen molar-refractivity contribution in [3.63, 3.8) is 0 Å². The molecule has 0 unspecified atom stereocenters. The van der Waals surface area contributed by atoms with Crippen LogP contribution in [-0.4, -0.2) is 101 Å². The first-order valence-corrected chi connectivity index (χ1v) is 23.1. The lowest BCUT2D eigenvalue weighted by Gasteiger charge is -2.14. The van der Waals surface area contributed by atoms with Crippen LogP contribution in [0.25, 0.3) is 22.8 Å². The quantitative estimate of drug-likeness (QED) is 0.0674. The Labute approximate surface area is 375 Å². The number of aryl methyl sites for hydroxylation is 4. The number of anilines is 2. The molecule has 0 fully saturated rings. The Kier molecular flexibility index (Phi) is 17.0. The summed E-state index contributed by atoms with van der Waals surface area (Å²) in [5.41, 5.74) is 2.81. The maximum atomic E-state index is 13.9. The highest BCUT2D eigenvalue weighted by Crippen LogP contribution is 2.27. The van der Waals surface area contributed by atoms with Gasteiger partial charge in [0, 0.05) is 19.7 Å². The number of aromatic nitrogens is 10. The van der Waals surface area contributed by atoms with Gasteiger partial charge in [-0.2, -0.15) is 8.78 Å². The lowest BCUT2D eigenvalue weighted by Crippen LogP contribution is -2.15. The van der Waals surface area contributed by atoms with Crippen molar-refractivity contribution in [3.05, 3.63) is 106 Å². The zero-order valence-electron chi connectivity index (χ0n) is 36.4. The van der Waals surface area contributed by atoms with Crippen molar-refractivity contribution in [2.45, 2.75) is 59.2 Å². The number of carboxylic acid groups (broad SMARTS) is 1. The fraction of sp³-hybridized carbons (Fsp3) is 0.333. The minimum absolute atomic E-state index is 0.0848. The monoisotopic (exact) mass is 964 g/mol. The average Bonchev–Trinajstić information content (AvgIpc) is 3.80. The Morgan fingerprint density at radius 1 is 0.742 bits per heavy atom. The summed E-state index contributed by atoms with van der Waals surface area (Å²) in [6, 6.07) is 7.99. The van der Waals surface area contributed by atoms with Crippen LogP contribution in [0.2, 0.25) is 0 Å². The molecular formula is C39H44F4N12O9S2. The lowest BCUT2D eigenvalue weighted by atomic mass is 10.1. The van der Waals surface area contributed by atoms with E-state index >= 15 is 0 Å². The molecule has 354 valence electrons. The van der Waals surface area contributed by atoms with Gasteiger partial charge in [0.2, 0.25) is 31.9 Å². The molecule has 6 rings (SSSR count). The highest BCUT2D eigenvalue weighted by Gasteiger charge is 2.24. The second-order valence-electron chi connectivity index (χ2n) is 14.1. The molecule has 0 radical (unpaired) electrons. The van der Waals surface area contributed by atoms with Gasteiger partial charge in [-0.25, -0.2) is 55.0 Å². The second kappa shape index (κ2) is 21.8. The SMILES string of the molecule is CCc1nc(-c2nnn(C)c2C(=O)O)ccc1NS(C)(=O)=O.CCc1nc(-c2nnn(C)c2CC(=O)O[C@H](C)c2cc(F)cnc2F)ccc1NS(C)(=O)=O.C[C@@H](O)c1cc(F)cnc1F. The van der Waals surface area contributed by atoms with Crippen molar-refractivity contribution in [2.75, 3.05) is 22.0 Å². The number of aromatic carboxylic acids is 1. The third-order valence-corrected chi connectivity index (χ3v) is 10.0. The number of aliphatic hydroxyl groups is 1. The van der Waals surface area contributed by atoms with Crippen molar-refractivity contribution in [1.29, 1.82) is 0 Å². The van der Waals surface area contributed by atoms with Gasteiger partial charge in [0.25, 0.3) is 0 Å². The Morgan fingerprint density at radius 3 is 1.65 bits per heavy atom. The van der Waals surface area contributed by atoms with Gasteiger partial charge < -0.3 is 14.9 Å². The zero-order valence-corrected chi connectivity index (χ0v) is 38.1. The number of ether oxygens (including phenoxy) is 1. The number of nitrogens with one attached hydrogen (secondary N) is 2. The molecule has 0 bridgehead atoms. The van der Waals surface area contributed by atoms with Gasteiger partial charge in [-0.15, -0.1) is 10.2 Å². The molecule has 6 heterocycles. The van der Waals surface area contributed by atoms with Crippen LogP contribution < -0.4 is 9.44 Å².